The first-order valence-corrected chi connectivity index (χ1v) is 10.5. The third-order valence-electron chi connectivity index (χ3n) is 4.96. The average molecular weight is 447 g/mol. The number of benzene rings is 1. The van der Waals surface area contributed by atoms with Crippen LogP contribution in [0.1, 0.15) is 27.2 Å². The third-order valence-corrected chi connectivity index (χ3v) is 5.20. The first kappa shape index (κ1) is 23.0. The summed E-state index contributed by atoms with van der Waals surface area (Å²) in [5, 5.41) is 6.11. The number of nitrogens with zero attached hydrogens (tertiary/aromatic N) is 2. The highest BCUT2D eigenvalue weighted by molar-refractivity contribution is 6.31. The Hall–Kier alpha value is -2.71. The maximum atomic E-state index is 12.6. The molecule has 0 atom stereocenters. The van der Waals surface area contributed by atoms with Crippen LogP contribution in [-0.4, -0.2) is 41.1 Å². The van der Waals surface area contributed by atoms with E-state index in [-0.39, 0.29) is 23.9 Å². The number of nitrogens with one attached hydrogen (secondary N) is 2. The van der Waals surface area contributed by atoms with Crippen LogP contribution in [0.25, 0.3) is 11.3 Å². The minimum Gasteiger partial charge on any atom is -0.381 e. The molecule has 0 unspecified atom stereocenters. The highest BCUT2D eigenvalue weighted by Crippen LogP contribution is 2.30. The number of aromatic nitrogens is 2. The summed E-state index contributed by atoms with van der Waals surface area (Å²) in [5.41, 5.74) is 0.450. The van der Waals surface area contributed by atoms with Crippen molar-refractivity contribution in [1.29, 1.82) is 0 Å². The van der Waals surface area contributed by atoms with Gasteiger partial charge in [0.15, 0.2) is 0 Å². The number of hydrogen-bond donors (Lipinski definition) is 2. The second kappa shape index (κ2) is 9.62. The summed E-state index contributed by atoms with van der Waals surface area (Å²) in [6.07, 6.45) is 2.19. The lowest BCUT2D eigenvalue weighted by molar-refractivity contribution is -0.123. The van der Waals surface area contributed by atoms with Gasteiger partial charge in [-0.3, -0.25) is 19.0 Å². The van der Waals surface area contributed by atoms with E-state index in [1.807, 2.05) is 0 Å². The van der Waals surface area contributed by atoms with Crippen molar-refractivity contribution in [3.8, 4) is 11.3 Å². The van der Waals surface area contributed by atoms with Crippen LogP contribution in [0, 0.1) is 11.3 Å². The van der Waals surface area contributed by atoms with Gasteiger partial charge in [-0.1, -0.05) is 32.4 Å². The van der Waals surface area contributed by atoms with Crippen molar-refractivity contribution < 1.29 is 14.3 Å². The maximum Gasteiger partial charge on any atom is 0.254 e. The van der Waals surface area contributed by atoms with Gasteiger partial charge in [-0.2, -0.15) is 0 Å². The number of rotatable bonds is 7. The van der Waals surface area contributed by atoms with Gasteiger partial charge >= 0.3 is 0 Å². The Labute approximate surface area is 186 Å². The van der Waals surface area contributed by atoms with Crippen LogP contribution in [-0.2, 0) is 20.9 Å². The molecular formula is C22H27ClN4O4. The monoisotopic (exact) mass is 446 g/mol. The number of amides is 2. The maximum absolute atomic E-state index is 12.6. The SMILES string of the molecule is CC(C)(C)C(=O)Nc1cc(Cl)ccc1-c1cc(=O)n(CC(=O)NCCC2COC2)cn1. The van der Waals surface area contributed by atoms with Crippen molar-refractivity contribution in [2.75, 3.05) is 25.1 Å². The molecule has 1 aliphatic heterocycles. The average Bonchev–Trinajstić information content (AvgIpc) is 2.65. The fourth-order valence-corrected chi connectivity index (χ4v) is 3.09. The Morgan fingerprint density at radius 3 is 2.61 bits per heavy atom. The summed E-state index contributed by atoms with van der Waals surface area (Å²) in [4.78, 5) is 41.4. The quantitative estimate of drug-likeness (QED) is 0.680. The lowest BCUT2D eigenvalue weighted by Crippen LogP contribution is -2.36. The molecule has 3 rings (SSSR count). The number of hydrogen-bond acceptors (Lipinski definition) is 5. The number of ether oxygens (including phenoxy) is 1. The molecule has 1 aliphatic rings. The van der Waals surface area contributed by atoms with E-state index in [1.54, 1.807) is 39.0 Å². The van der Waals surface area contributed by atoms with Gasteiger partial charge in [-0.15, -0.1) is 0 Å². The minimum atomic E-state index is -0.602. The van der Waals surface area contributed by atoms with Crippen LogP contribution in [0.15, 0.2) is 35.4 Å². The van der Waals surface area contributed by atoms with E-state index in [4.69, 9.17) is 16.3 Å². The van der Waals surface area contributed by atoms with Crippen LogP contribution in [0.2, 0.25) is 5.02 Å². The molecule has 2 aromatic rings. The molecule has 1 fully saturated rings. The normalized spacial score (nSPS) is 14.1. The third kappa shape index (κ3) is 6.15. The molecule has 2 amide bonds. The molecule has 31 heavy (non-hydrogen) atoms. The smallest absolute Gasteiger partial charge is 0.254 e. The van der Waals surface area contributed by atoms with E-state index in [0.717, 1.165) is 19.6 Å². The number of halogens is 1. The Balaban J connectivity index is 1.72. The molecule has 0 radical (unpaired) electrons. The highest BCUT2D eigenvalue weighted by atomic mass is 35.5. The van der Waals surface area contributed by atoms with Gasteiger partial charge in [-0.05, 0) is 24.6 Å². The van der Waals surface area contributed by atoms with E-state index in [1.165, 1.54) is 17.0 Å². The molecule has 1 aromatic carbocycles. The summed E-state index contributed by atoms with van der Waals surface area (Å²) in [7, 11) is 0. The van der Waals surface area contributed by atoms with Crippen molar-refractivity contribution in [2.45, 2.75) is 33.7 Å². The van der Waals surface area contributed by atoms with E-state index >= 15 is 0 Å². The fraction of sp³-hybridized carbons (Fsp3) is 0.455. The lowest BCUT2D eigenvalue weighted by Gasteiger charge is -2.25. The molecule has 8 nitrogen and oxygen atoms in total. The van der Waals surface area contributed by atoms with Crippen molar-refractivity contribution in [3.63, 3.8) is 0 Å². The highest BCUT2D eigenvalue weighted by Gasteiger charge is 2.23. The molecule has 2 heterocycles. The molecule has 9 heteroatoms. The fourth-order valence-electron chi connectivity index (χ4n) is 2.92. The zero-order chi connectivity index (χ0) is 22.6. The predicted molar refractivity (Wildman–Crippen MR) is 119 cm³/mol. The zero-order valence-electron chi connectivity index (χ0n) is 17.9. The van der Waals surface area contributed by atoms with Gasteiger partial charge in [-0.25, -0.2) is 4.98 Å². The molecule has 0 bridgehead atoms. The van der Waals surface area contributed by atoms with Crippen molar-refractivity contribution in [2.24, 2.45) is 11.3 Å². The zero-order valence-corrected chi connectivity index (χ0v) is 18.7. The minimum absolute atomic E-state index is 0.110. The Kier molecular flexibility index (Phi) is 7.12. The Morgan fingerprint density at radius 2 is 2.00 bits per heavy atom. The van der Waals surface area contributed by atoms with Crippen molar-refractivity contribution in [1.82, 2.24) is 14.9 Å². The van der Waals surface area contributed by atoms with Gasteiger partial charge in [0.2, 0.25) is 11.8 Å². The van der Waals surface area contributed by atoms with E-state index in [9.17, 15) is 14.4 Å². The number of anilines is 1. The summed E-state index contributed by atoms with van der Waals surface area (Å²) in [6, 6.07) is 6.32. The second-order valence-electron chi connectivity index (χ2n) is 8.68. The standard InChI is InChI=1S/C22H27ClN4O4/c1-22(2,3)21(30)26-18-8-15(23)4-5-16(18)17-9-20(29)27(13-25-17)10-19(28)24-7-6-14-11-31-12-14/h4-5,8-9,13-14H,6-7,10-12H2,1-3H3,(H,24,28)(H,26,30). The lowest BCUT2D eigenvalue weighted by atomic mass is 9.95. The van der Waals surface area contributed by atoms with Crippen LogP contribution in [0.5, 0.6) is 0 Å². The number of carbonyl (C=O) groups excluding carboxylic acids is 2. The van der Waals surface area contributed by atoms with Crippen molar-refractivity contribution in [3.05, 3.63) is 46.0 Å². The van der Waals surface area contributed by atoms with Gasteiger partial charge in [0.05, 0.1) is 30.9 Å². The molecule has 166 valence electrons. The van der Waals surface area contributed by atoms with Crippen LogP contribution < -0.4 is 16.2 Å². The van der Waals surface area contributed by atoms with Gasteiger partial charge in [0, 0.05) is 34.5 Å². The summed E-state index contributed by atoms with van der Waals surface area (Å²) >= 11 is 6.10. The van der Waals surface area contributed by atoms with Gasteiger partial charge in [0.25, 0.3) is 5.56 Å². The van der Waals surface area contributed by atoms with Crippen LogP contribution in [0.4, 0.5) is 5.69 Å². The summed E-state index contributed by atoms with van der Waals surface area (Å²) < 4.78 is 6.35. The van der Waals surface area contributed by atoms with Crippen LogP contribution in [0.3, 0.4) is 0 Å². The summed E-state index contributed by atoms with van der Waals surface area (Å²) in [6.45, 7) is 7.33. The largest absolute Gasteiger partial charge is 0.381 e. The van der Waals surface area contributed by atoms with Gasteiger partial charge in [0.1, 0.15) is 6.54 Å². The van der Waals surface area contributed by atoms with E-state index in [0.29, 0.717) is 34.4 Å². The summed E-state index contributed by atoms with van der Waals surface area (Å²) in [5.74, 6) is 0.0623. The molecule has 0 aliphatic carbocycles. The second-order valence-corrected chi connectivity index (χ2v) is 9.11. The van der Waals surface area contributed by atoms with Crippen LogP contribution >= 0.6 is 11.6 Å². The van der Waals surface area contributed by atoms with E-state index in [2.05, 4.69) is 15.6 Å². The molecule has 2 N–H and O–H groups in total. The Morgan fingerprint density at radius 1 is 1.26 bits per heavy atom. The molecular weight excluding hydrogens is 420 g/mol. The van der Waals surface area contributed by atoms with Gasteiger partial charge < -0.3 is 15.4 Å². The predicted octanol–water partition coefficient (Wildman–Crippen LogP) is 2.70. The molecule has 0 saturated carbocycles. The molecule has 0 spiro atoms. The van der Waals surface area contributed by atoms with E-state index < -0.39 is 5.41 Å². The first-order chi connectivity index (χ1) is 14.6. The number of carbonyl (C=O) groups is 2. The van der Waals surface area contributed by atoms with Crippen molar-refractivity contribution >= 4 is 29.1 Å². The molecule has 1 aromatic heterocycles. The topological polar surface area (TPSA) is 102 Å². The Bertz CT molecular complexity index is 1020. The molecule has 1 saturated heterocycles. The first-order valence-electron chi connectivity index (χ1n) is 10.2.